The smallest absolute Gasteiger partial charge is 0.233 e. The van der Waals surface area contributed by atoms with Crippen LogP contribution in [0, 0.1) is 0 Å². The van der Waals surface area contributed by atoms with Gasteiger partial charge in [0.05, 0.1) is 4.90 Å². The minimum Gasteiger partial charge on any atom is -0.420 e. The number of hydrogen-bond donors (Lipinski definition) is 1. The van der Waals surface area contributed by atoms with Crippen LogP contribution in [0.5, 0.6) is 0 Å². The third-order valence-electron chi connectivity index (χ3n) is 3.95. The number of rotatable bonds is 9. The molecule has 0 spiro atoms. The van der Waals surface area contributed by atoms with Crippen LogP contribution in [0.15, 0.2) is 75.0 Å². The number of nitrogens with one attached hydrogen (secondary N) is 1. The van der Waals surface area contributed by atoms with E-state index in [4.69, 9.17) is 9.15 Å². The standard InChI is InChI=1S/C21H22N2O4S/c1-26-16-8-15-22-20-21(28(24,25)18-11-6-3-7-12-18)23-19(27-20)14-13-17-9-4-2-5-10-17/h2-7,9-14,22H,8,15-16H2,1H3/b14-13+. The van der Waals surface area contributed by atoms with Crippen molar-refractivity contribution in [2.75, 3.05) is 25.6 Å². The molecule has 0 aliphatic heterocycles. The highest BCUT2D eigenvalue weighted by Crippen LogP contribution is 2.29. The van der Waals surface area contributed by atoms with Crippen molar-refractivity contribution < 1.29 is 17.6 Å². The lowest BCUT2D eigenvalue weighted by Gasteiger charge is -2.05. The van der Waals surface area contributed by atoms with E-state index in [1.54, 1.807) is 31.4 Å². The van der Waals surface area contributed by atoms with Gasteiger partial charge in [-0.2, -0.15) is 4.98 Å². The summed E-state index contributed by atoms with van der Waals surface area (Å²) in [7, 11) is -2.19. The summed E-state index contributed by atoms with van der Waals surface area (Å²) >= 11 is 0. The lowest BCUT2D eigenvalue weighted by molar-refractivity contribution is 0.197. The van der Waals surface area contributed by atoms with E-state index in [0.29, 0.717) is 19.6 Å². The zero-order valence-electron chi connectivity index (χ0n) is 15.5. The topological polar surface area (TPSA) is 81.4 Å². The molecule has 0 saturated carbocycles. The van der Waals surface area contributed by atoms with Crippen molar-refractivity contribution in [1.82, 2.24) is 4.98 Å². The number of methoxy groups -OCH3 is 1. The molecule has 0 aliphatic rings. The van der Waals surface area contributed by atoms with Crippen LogP contribution >= 0.6 is 0 Å². The zero-order valence-corrected chi connectivity index (χ0v) is 16.4. The van der Waals surface area contributed by atoms with Gasteiger partial charge in [-0.25, -0.2) is 8.42 Å². The van der Waals surface area contributed by atoms with E-state index < -0.39 is 9.84 Å². The maximum atomic E-state index is 13.0. The van der Waals surface area contributed by atoms with Gasteiger partial charge in [0.25, 0.3) is 0 Å². The van der Waals surface area contributed by atoms with Gasteiger partial charge in [-0.3, -0.25) is 0 Å². The summed E-state index contributed by atoms with van der Waals surface area (Å²) in [5.74, 6) is 0.347. The van der Waals surface area contributed by atoms with Crippen molar-refractivity contribution in [1.29, 1.82) is 0 Å². The van der Waals surface area contributed by atoms with Gasteiger partial charge in [-0.1, -0.05) is 48.5 Å². The molecule has 0 radical (unpaired) electrons. The van der Waals surface area contributed by atoms with Crippen molar-refractivity contribution in [3.63, 3.8) is 0 Å². The van der Waals surface area contributed by atoms with E-state index in [1.165, 1.54) is 12.1 Å². The molecule has 146 valence electrons. The Morgan fingerprint density at radius 1 is 1.04 bits per heavy atom. The van der Waals surface area contributed by atoms with Gasteiger partial charge in [-0.15, -0.1) is 0 Å². The maximum absolute atomic E-state index is 13.0. The van der Waals surface area contributed by atoms with Gasteiger partial charge in [-0.05, 0) is 30.2 Å². The van der Waals surface area contributed by atoms with Crippen LogP contribution < -0.4 is 5.32 Å². The number of anilines is 1. The number of oxazole rings is 1. The van der Waals surface area contributed by atoms with E-state index in [0.717, 1.165) is 5.56 Å². The Morgan fingerprint density at radius 3 is 2.39 bits per heavy atom. The number of nitrogens with zero attached hydrogens (tertiary/aromatic N) is 1. The molecule has 0 aliphatic carbocycles. The van der Waals surface area contributed by atoms with Gasteiger partial charge in [0, 0.05) is 26.3 Å². The number of hydrogen-bond acceptors (Lipinski definition) is 6. The van der Waals surface area contributed by atoms with Crippen molar-refractivity contribution in [3.8, 4) is 0 Å². The van der Waals surface area contributed by atoms with Crippen molar-refractivity contribution in [2.24, 2.45) is 0 Å². The maximum Gasteiger partial charge on any atom is 0.233 e. The number of sulfone groups is 1. The van der Waals surface area contributed by atoms with E-state index in [9.17, 15) is 8.42 Å². The normalized spacial score (nSPS) is 11.8. The van der Waals surface area contributed by atoms with Crippen LogP contribution in [0.2, 0.25) is 0 Å². The molecular formula is C21H22N2O4S. The zero-order chi connectivity index (χ0) is 19.8. The predicted octanol–water partition coefficient (Wildman–Crippen LogP) is 4.13. The molecule has 1 aromatic heterocycles. The molecule has 0 unspecified atom stereocenters. The van der Waals surface area contributed by atoms with Gasteiger partial charge >= 0.3 is 0 Å². The molecule has 0 atom stereocenters. The minimum atomic E-state index is -3.81. The largest absolute Gasteiger partial charge is 0.420 e. The molecule has 0 amide bonds. The third-order valence-corrected chi connectivity index (χ3v) is 5.63. The molecule has 6 nitrogen and oxygen atoms in total. The Bertz CT molecular complexity index is 1010. The number of aromatic nitrogens is 1. The first-order valence-corrected chi connectivity index (χ1v) is 10.4. The van der Waals surface area contributed by atoms with Gasteiger partial charge < -0.3 is 14.5 Å². The van der Waals surface area contributed by atoms with Crippen molar-refractivity contribution in [3.05, 3.63) is 72.1 Å². The highest BCUT2D eigenvalue weighted by molar-refractivity contribution is 7.91. The fraction of sp³-hybridized carbons (Fsp3) is 0.190. The summed E-state index contributed by atoms with van der Waals surface area (Å²) < 4.78 is 36.8. The molecule has 0 fully saturated rings. The van der Waals surface area contributed by atoms with E-state index in [-0.39, 0.29) is 21.7 Å². The Labute approximate surface area is 164 Å². The first-order valence-electron chi connectivity index (χ1n) is 8.88. The summed E-state index contributed by atoms with van der Waals surface area (Å²) in [6.45, 7) is 1.06. The average Bonchev–Trinajstić information content (AvgIpc) is 3.15. The monoisotopic (exact) mass is 398 g/mol. The Hall–Kier alpha value is -2.90. The van der Waals surface area contributed by atoms with E-state index >= 15 is 0 Å². The summed E-state index contributed by atoms with van der Waals surface area (Å²) in [5.41, 5.74) is 0.961. The fourth-order valence-electron chi connectivity index (χ4n) is 2.55. The summed E-state index contributed by atoms with van der Waals surface area (Å²) in [5, 5.41) is 2.90. The lowest BCUT2D eigenvalue weighted by atomic mass is 10.2. The predicted molar refractivity (Wildman–Crippen MR) is 109 cm³/mol. The molecule has 7 heteroatoms. The summed E-state index contributed by atoms with van der Waals surface area (Å²) in [6.07, 6.45) is 4.18. The van der Waals surface area contributed by atoms with Crippen LogP contribution in [-0.4, -0.2) is 33.7 Å². The fourth-order valence-corrected chi connectivity index (χ4v) is 3.86. The van der Waals surface area contributed by atoms with E-state index in [1.807, 2.05) is 36.4 Å². The highest BCUT2D eigenvalue weighted by Gasteiger charge is 2.27. The molecule has 3 rings (SSSR count). The quantitative estimate of drug-likeness (QED) is 0.546. The SMILES string of the molecule is COCCCNc1oc(/C=C/c2ccccc2)nc1S(=O)(=O)c1ccccc1. The van der Waals surface area contributed by atoms with Crippen LogP contribution in [-0.2, 0) is 14.6 Å². The van der Waals surface area contributed by atoms with Gasteiger partial charge in [0.15, 0.2) is 0 Å². The second-order valence-electron chi connectivity index (χ2n) is 6.02. The average molecular weight is 398 g/mol. The Morgan fingerprint density at radius 2 is 1.71 bits per heavy atom. The Balaban J connectivity index is 1.92. The molecule has 0 saturated heterocycles. The van der Waals surface area contributed by atoms with Crippen molar-refractivity contribution in [2.45, 2.75) is 16.3 Å². The minimum absolute atomic E-state index is 0.121. The molecule has 28 heavy (non-hydrogen) atoms. The second-order valence-corrected chi connectivity index (χ2v) is 7.88. The highest BCUT2D eigenvalue weighted by atomic mass is 32.2. The molecule has 1 heterocycles. The van der Waals surface area contributed by atoms with Gasteiger partial charge in [0.2, 0.25) is 26.6 Å². The molecular weight excluding hydrogens is 376 g/mol. The van der Waals surface area contributed by atoms with Crippen molar-refractivity contribution >= 4 is 27.9 Å². The second kappa shape index (κ2) is 9.34. The number of benzene rings is 2. The van der Waals surface area contributed by atoms with Gasteiger partial charge in [0.1, 0.15) is 0 Å². The molecule has 0 bridgehead atoms. The summed E-state index contributed by atoms with van der Waals surface area (Å²) in [4.78, 5) is 4.41. The Kier molecular flexibility index (Phi) is 6.62. The molecule has 3 aromatic rings. The van der Waals surface area contributed by atoms with Crippen LogP contribution in [0.4, 0.5) is 5.88 Å². The first-order chi connectivity index (χ1) is 13.6. The summed E-state index contributed by atoms with van der Waals surface area (Å²) in [6, 6.07) is 17.8. The van der Waals surface area contributed by atoms with Crippen LogP contribution in [0.25, 0.3) is 12.2 Å². The third kappa shape index (κ3) is 4.88. The lowest BCUT2D eigenvalue weighted by Crippen LogP contribution is -2.09. The van der Waals surface area contributed by atoms with Crippen LogP contribution in [0.1, 0.15) is 17.9 Å². The van der Waals surface area contributed by atoms with Crippen LogP contribution in [0.3, 0.4) is 0 Å². The molecule has 2 aromatic carbocycles. The molecule has 1 N–H and O–H groups in total. The first kappa shape index (κ1) is 19.9. The number of ether oxygens (including phenoxy) is 1. The van der Waals surface area contributed by atoms with E-state index in [2.05, 4.69) is 10.3 Å².